The van der Waals surface area contributed by atoms with Gasteiger partial charge in [0.25, 0.3) is 5.56 Å². The molecule has 1 aromatic carbocycles. The molecular formula is C21H26N6O4. The van der Waals surface area contributed by atoms with E-state index in [1.165, 1.54) is 7.05 Å². The summed E-state index contributed by atoms with van der Waals surface area (Å²) in [6.07, 6.45) is 2.27. The smallest absolute Gasteiger partial charge is 0.343 e. The molecule has 0 radical (unpaired) electrons. The molecule has 0 bridgehead atoms. The molecule has 0 aliphatic heterocycles. The normalized spacial score (nSPS) is 10.9. The fourth-order valence-corrected chi connectivity index (χ4v) is 3.18. The number of nitrogens with zero attached hydrogens (tertiary/aromatic N) is 6. The fraction of sp³-hybridized carbons (Fsp3) is 0.429. The molecule has 1 amide bonds. The van der Waals surface area contributed by atoms with Crippen molar-refractivity contribution >= 4 is 5.91 Å². The summed E-state index contributed by atoms with van der Waals surface area (Å²) < 4.78 is 7.29. The third-order valence-corrected chi connectivity index (χ3v) is 4.75. The number of carbonyl (C=O) groups excluding carboxylic acids is 1. The molecule has 3 aromatic rings. The molecule has 0 fully saturated rings. The number of hydrogen-bond acceptors (Lipinski definition) is 7. The Hall–Kier alpha value is -3.56. The van der Waals surface area contributed by atoms with Crippen molar-refractivity contribution in [2.24, 2.45) is 7.05 Å². The van der Waals surface area contributed by atoms with Crippen molar-refractivity contribution in [3.05, 3.63) is 57.1 Å². The summed E-state index contributed by atoms with van der Waals surface area (Å²) in [4.78, 5) is 43.6. The lowest BCUT2D eigenvalue weighted by Crippen LogP contribution is -2.40. The first-order chi connectivity index (χ1) is 15.0. The lowest BCUT2D eigenvalue weighted by molar-refractivity contribution is -0.131. The quantitative estimate of drug-likeness (QED) is 0.510. The lowest BCUT2D eigenvalue weighted by atomic mass is 10.2. The van der Waals surface area contributed by atoms with E-state index in [-0.39, 0.29) is 36.2 Å². The Morgan fingerprint density at radius 1 is 1.10 bits per heavy atom. The summed E-state index contributed by atoms with van der Waals surface area (Å²) in [6, 6.07) is 8.74. The van der Waals surface area contributed by atoms with Crippen molar-refractivity contribution in [3.8, 4) is 17.2 Å². The molecule has 0 aliphatic carbocycles. The van der Waals surface area contributed by atoms with Crippen molar-refractivity contribution < 1.29 is 9.32 Å². The van der Waals surface area contributed by atoms with Crippen LogP contribution in [-0.2, 0) is 18.3 Å². The molecular weight excluding hydrogens is 400 g/mol. The minimum atomic E-state index is -0.627. The molecule has 0 N–H and O–H groups in total. The second kappa shape index (κ2) is 9.96. The van der Waals surface area contributed by atoms with Crippen LogP contribution in [0.1, 0.15) is 39.0 Å². The first kappa shape index (κ1) is 22.1. The molecule has 2 aromatic heterocycles. The first-order valence-electron chi connectivity index (χ1n) is 10.3. The molecule has 0 saturated carbocycles. The van der Waals surface area contributed by atoms with Crippen molar-refractivity contribution in [3.63, 3.8) is 0 Å². The van der Waals surface area contributed by atoms with Crippen LogP contribution in [0.25, 0.3) is 17.2 Å². The molecule has 0 spiro atoms. The van der Waals surface area contributed by atoms with Crippen molar-refractivity contribution in [1.29, 1.82) is 0 Å². The van der Waals surface area contributed by atoms with Gasteiger partial charge >= 0.3 is 5.69 Å². The Kier molecular flexibility index (Phi) is 7.11. The van der Waals surface area contributed by atoms with E-state index in [1.807, 2.05) is 24.8 Å². The number of amides is 1. The molecule has 3 rings (SSSR count). The van der Waals surface area contributed by atoms with Crippen LogP contribution in [0.2, 0.25) is 0 Å². The topological polar surface area (TPSA) is 116 Å². The number of hydrogen-bond donors (Lipinski definition) is 0. The Labute approximate surface area is 179 Å². The number of benzene rings is 1. The Morgan fingerprint density at radius 3 is 2.42 bits per heavy atom. The standard InChI is InChI=1S/C21H26N6O4/c1-4-13-26(14-5-2)17(28)12-11-16-22-19(24-31-16)18-20(29)25(3)21(30)27(23-18)15-9-7-6-8-10-15/h6-10H,4-5,11-14H2,1-3H3. The highest BCUT2D eigenvalue weighted by Crippen LogP contribution is 2.11. The Bertz CT molecular complexity index is 1140. The minimum Gasteiger partial charge on any atom is -0.343 e. The number of aromatic nitrogens is 5. The predicted molar refractivity (Wildman–Crippen MR) is 114 cm³/mol. The molecule has 31 heavy (non-hydrogen) atoms. The van der Waals surface area contributed by atoms with Crippen LogP contribution >= 0.6 is 0 Å². The van der Waals surface area contributed by atoms with Gasteiger partial charge in [-0.2, -0.15) is 14.8 Å². The third kappa shape index (κ3) is 4.96. The maximum absolute atomic E-state index is 12.6. The SMILES string of the molecule is CCCN(CCC)C(=O)CCc1nc(-c2nn(-c3ccccc3)c(=O)n(C)c2=O)no1. The van der Waals surface area contributed by atoms with Gasteiger partial charge in [0, 0.05) is 33.0 Å². The summed E-state index contributed by atoms with van der Waals surface area (Å²) in [5, 5.41) is 8.02. The average molecular weight is 426 g/mol. The van der Waals surface area contributed by atoms with Crippen LogP contribution in [0.4, 0.5) is 0 Å². The van der Waals surface area contributed by atoms with Gasteiger partial charge in [0.05, 0.1) is 5.69 Å². The highest BCUT2D eigenvalue weighted by Gasteiger charge is 2.20. The van der Waals surface area contributed by atoms with Crippen LogP contribution in [0.5, 0.6) is 0 Å². The van der Waals surface area contributed by atoms with Crippen molar-refractivity contribution in [2.75, 3.05) is 13.1 Å². The van der Waals surface area contributed by atoms with Crippen molar-refractivity contribution in [1.82, 2.24) is 29.4 Å². The van der Waals surface area contributed by atoms with Gasteiger partial charge in [0.15, 0.2) is 5.69 Å². The van der Waals surface area contributed by atoms with E-state index in [0.717, 1.165) is 22.1 Å². The summed E-state index contributed by atoms with van der Waals surface area (Å²) in [5.41, 5.74) is -0.810. The molecule has 0 aliphatic rings. The number of aryl methyl sites for hydroxylation is 1. The number of para-hydroxylation sites is 1. The second-order valence-electron chi connectivity index (χ2n) is 7.14. The van der Waals surface area contributed by atoms with Gasteiger partial charge < -0.3 is 9.42 Å². The van der Waals surface area contributed by atoms with E-state index in [2.05, 4.69) is 15.2 Å². The monoisotopic (exact) mass is 426 g/mol. The summed E-state index contributed by atoms with van der Waals surface area (Å²) in [6.45, 7) is 5.48. The van der Waals surface area contributed by atoms with Gasteiger partial charge in [-0.15, -0.1) is 0 Å². The molecule has 10 heteroatoms. The molecule has 0 unspecified atom stereocenters. The maximum atomic E-state index is 12.6. The second-order valence-corrected chi connectivity index (χ2v) is 7.14. The highest BCUT2D eigenvalue weighted by atomic mass is 16.5. The van der Waals surface area contributed by atoms with Gasteiger partial charge in [0.1, 0.15) is 0 Å². The lowest BCUT2D eigenvalue weighted by Gasteiger charge is -2.20. The highest BCUT2D eigenvalue weighted by molar-refractivity contribution is 5.76. The third-order valence-electron chi connectivity index (χ3n) is 4.75. The zero-order valence-corrected chi connectivity index (χ0v) is 17.9. The van der Waals surface area contributed by atoms with Gasteiger partial charge in [-0.05, 0) is 25.0 Å². The average Bonchev–Trinajstić information content (AvgIpc) is 3.25. The van der Waals surface area contributed by atoms with E-state index in [9.17, 15) is 14.4 Å². The largest absolute Gasteiger partial charge is 0.351 e. The van der Waals surface area contributed by atoms with Gasteiger partial charge in [-0.3, -0.25) is 14.2 Å². The van der Waals surface area contributed by atoms with Crippen LogP contribution in [0.3, 0.4) is 0 Å². The van der Waals surface area contributed by atoms with Crippen LogP contribution in [0.15, 0.2) is 44.4 Å². The van der Waals surface area contributed by atoms with E-state index in [1.54, 1.807) is 24.3 Å². The molecule has 2 heterocycles. The Balaban J connectivity index is 1.84. The van der Waals surface area contributed by atoms with Crippen molar-refractivity contribution in [2.45, 2.75) is 39.5 Å². The Morgan fingerprint density at radius 2 is 1.77 bits per heavy atom. The van der Waals surface area contributed by atoms with Crippen LogP contribution in [-0.4, -0.2) is 48.4 Å². The maximum Gasteiger partial charge on any atom is 0.351 e. The zero-order chi connectivity index (χ0) is 22.4. The van der Waals surface area contributed by atoms with Gasteiger partial charge in [-0.25, -0.2) is 4.79 Å². The van der Waals surface area contributed by atoms with Gasteiger partial charge in [-0.1, -0.05) is 37.2 Å². The van der Waals surface area contributed by atoms with Gasteiger partial charge in [0.2, 0.25) is 17.6 Å². The summed E-state index contributed by atoms with van der Waals surface area (Å²) in [7, 11) is 1.37. The fourth-order valence-electron chi connectivity index (χ4n) is 3.18. The van der Waals surface area contributed by atoms with E-state index in [0.29, 0.717) is 18.8 Å². The van der Waals surface area contributed by atoms with E-state index < -0.39 is 11.2 Å². The number of carbonyl (C=O) groups is 1. The molecule has 0 saturated heterocycles. The number of rotatable bonds is 9. The van der Waals surface area contributed by atoms with E-state index in [4.69, 9.17) is 4.52 Å². The molecule has 164 valence electrons. The minimum absolute atomic E-state index is 0.0216. The first-order valence-corrected chi connectivity index (χ1v) is 10.3. The predicted octanol–water partition coefficient (Wildman–Crippen LogP) is 1.56. The van der Waals surface area contributed by atoms with Crippen LogP contribution in [0, 0.1) is 0 Å². The zero-order valence-electron chi connectivity index (χ0n) is 17.9. The summed E-state index contributed by atoms with van der Waals surface area (Å²) >= 11 is 0. The molecule has 10 nitrogen and oxygen atoms in total. The van der Waals surface area contributed by atoms with Crippen LogP contribution < -0.4 is 11.2 Å². The molecule has 0 atom stereocenters. The summed E-state index contributed by atoms with van der Waals surface area (Å²) in [5.74, 6) is 0.236. The van der Waals surface area contributed by atoms with E-state index >= 15 is 0 Å².